The molecule has 0 bridgehead atoms. The van der Waals surface area contributed by atoms with Gasteiger partial charge >= 0.3 is 0 Å². The van der Waals surface area contributed by atoms with Gasteiger partial charge in [-0.25, -0.2) is 9.47 Å². The van der Waals surface area contributed by atoms with Crippen LogP contribution in [0.25, 0.3) is 0 Å². The average molecular weight is 500 g/mol. The van der Waals surface area contributed by atoms with E-state index in [1.165, 1.54) is 0 Å². The Morgan fingerprint density at radius 2 is 2.00 bits per heavy atom. The monoisotopic (exact) mass is 499 g/mol. The number of fused-ring (bicyclic) bond motifs is 1. The molecule has 0 radical (unpaired) electrons. The molecule has 2 aliphatic heterocycles. The molecule has 1 aromatic carbocycles. The summed E-state index contributed by atoms with van der Waals surface area (Å²) < 4.78 is 5.48. The van der Waals surface area contributed by atoms with E-state index in [0.717, 1.165) is 41.2 Å². The summed E-state index contributed by atoms with van der Waals surface area (Å²) >= 11 is 0. The fourth-order valence-corrected chi connectivity index (χ4v) is 4.44. The molecule has 3 heterocycles. The lowest BCUT2D eigenvalue weighted by Gasteiger charge is -2.28. The molecule has 0 saturated carbocycles. The second kappa shape index (κ2) is 12.0. The van der Waals surface area contributed by atoms with Gasteiger partial charge in [0.15, 0.2) is 5.70 Å². The van der Waals surface area contributed by atoms with E-state index in [9.17, 15) is 4.79 Å². The molecule has 192 valence electrons. The van der Waals surface area contributed by atoms with E-state index in [2.05, 4.69) is 41.5 Å². The van der Waals surface area contributed by atoms with Gasteiger partial charge < -0.3 is 15.4 Å². The number of carbonyl (C=O) groups excluding carboxylic acids is 1. The fraction of sp³-hybridized carbons (Fsp3) is 0.310. The number of quaternary nitrogens is 1. The lowest BCUT2D eigenvalue weighted by atomic mass is 10.1. The SMILES string of the molecule is CCCc1ccnc(NC(=O)c2ccc(C3=NC(C(C)NC/C=C/COC)=C4C=NC=C[N+]34C)cc2)c1. The van der Waals surface area contributed by atoms with Crippen molar-refractivity contribution in [2.24, 2.45) is 9.98 Å². The van der Waals surface area contributed by atoms with Crippen LogP contribution in [0.4, 0.5) is 5.82 Å². The van der Waals surface area contributed by atoms with E-state index in [4.69, 9.17) is 9.73 Å². The van der Waals surface area contributed by atoms with Crippen LogP contribution < -0.4 is 10.6 Å². The van der Waals surface area contributed by atoms with E-state index in [1.54, 1.807) is 19.5 Å². The minimum atomic E-state index is -0.190. The zero-order valence-corrected chi connectivity index (χ0v) is 21.9. The molecule has 2 N–H and O–H groups in total. The first-order valence-corrected chi connectivity index (χ1v) is 12.6. The molecule has 0 spiro atoms. The molecule has 1 aromatic heterocycles. The Hall–Kier alpha value is -3.72. The number of aryl methyl sites for hydroxylation is 1. The summed E-state index contributed by atoms with van der Waals surface area (Å²) in [6, 6.07) is 11.5. The molecular formula is C29H35N6O2+. The van der Waals surface area contributed by atoms with Crippen LogP contribution in [-0.2, 0) is 11.2 Å². The lowest BCUT2D eigenvalue weighted by molar-refractivity contribution is -0.713. The number of hydrogen-bond donors (Lipinski definition) is 2. The van der Waals surface area contributed by atoms with Crippen LogP contribution in [0.5, 0.6) is 0 Å². The van der Waals surface area contributed by atoms with Crippen LogP contribution in [0.15, 0.2) is 88.5 Å². The highest BCUT2D eigenvalue weighted by molar-refractivity contribution is 6.05. The van der Waals surface area contributed by atoms with Crippen LogP contribution in [0.2, 0.25) is 0 Å². The van der Waals surface area contributed by atoms with Crippen LogP contribution in [0, 0.1) is 0 Å². The van der Waals surface area contributed by atoms with E-state index in [0.29, 0.717) is 29.0 Å². The molecule has 8 nitrogen and oxygen atoms in total. The second-order valence-electron chi connectivity index (χ2n) is 9.25. The number of aromatic nitrogens is 1. The largest absolute Gasteiger partial charge is 0.381 e. The van der Waals surface area contributed by atoms with Crippen molar-refractivity contribution in [2.75, 3.05) is 32.6 Å². The molecule has 0 fully saturated rings. The van der Waals surface area contributed by atoms with Gasteiger partial charge in [-0.3, -0.25) is 9.79 Å². The van der Waals surface area contributed by atoms with Gasteiger partial charge in [-0.2, -0.15) is 4.99 Å². The van der Waals surface area contributed by atoms with Crippen molar-refractivity contribution in [3.63, 3.8) is 0 Å². The number of nitrogens with zero attached hydrogens (tertiary/aromatic N) is 4. The smallest absolute Gasteiger partial charge is 0.256 e. The summed E-state index contributed by atoms with van der Waals surface area (Å²) in [6.45, 7) is 5.54. The van der Waals surface area contributed by atoms with Crippen molar-refractivity contribution in [3.8, 4) is 0 Å². The van der Waals surface area contributed by atoms with E-state index in [-0.39, 0.29) is 11.9 Å². The number of aliphatic imine (C=N–C) groups is 2. The molecule has 0 aliphatic carbocycles. The molecule has 0 saturated heterocycles. The normalized spacial score (nSPS) is 19.3. The van der Waals surface area contributed by atoms with E-state index >= 15 is 0 Å². The number of methoxy groups -OCH3 is 1. The Morgan fingerprint density at radius 1 is 1.19 bits per heavy atom. The summed E-state index contributed by atoms with van der Waals surface area (Å²) in [5, 5.41) is 6.41. The molecule has 37 heavy (non-hydrogen) atoms. The zero-order valence-electron chi connectivity index (χ0n) is 21.9. The maximum absolute atomic E-state index is 12.9. The van der Waals surface area contributed by atoms with Crippen molar-refractivity contribution in [2.45, 2.75) is 32.7 Å². The van der Waals surface area contributed by atoms with Gasteiger partial charge in [0.25, 0.3) is 5.91 Å². The van der Waals surface area contributed by atoms with Crippen LogP contribution in [0.1, 0.15) is 41.8 Å². The van der Waals surface area contributed by atoms with Gasteiger partial charge in [0.2, 0.25) is 5.84 Å². The van der Waals surface area contributed by atoms with Crippen molar-refractivity contribution in [1.82, 2.24) is 10.3 Å². The number of carbonyl (C=O) groups is 1. The maximum atomic E-state index is 12.9. The highest BCUT2D eigenvalue weighted by atomic mass is 16.5. The average Bonchev–Trinajstić information content (AvgIpc) is 3.22. The minimum Gasteiger partial charge on any atom is -0.381 e. The van der Waals surface area contributed by atoms with E-state index < -0.39 is 0 Å². The molecule has 2 unspecified atom stereocenters. The molecule has 4 rings (SSSR count). The van der Waals surface area contributed by atoms with Gasteiger partial charge in [-0.05, 0) is 55.3 Å². The Kier molecular flexibility index (Phi) is 8.55. The Balaban J connectivity index is 1.51. The third-order valence-corrected chi connectivity index (χ3v) is 6.47. The number of nitrogens with one attached hydrogen (secondary N) is 2. The summed E-state index contributed by atoms with van der Waals surface area (Å²) in [6.07, 6.45) is 13.5. The minimum absolute atomic E-state index is 0.0242. The molecule has 8 heteroatoms. The standard InChI is InChI=1S/C29H34N6O2/c1-5-8-22-13-15-32-26(19-22)33-29(36)24-11-9-23(10-12-24)28-34-27(21(2)31-14-6-7-18-37-4)25-20-30-16-17-35(25,28)3/h6-7,9-13,15-17,19-21,31H,5,8,14,18H2,1-4H3/p+1/b7-6+. The van der Waals surface area contributed by atoms with Crippen molar-refractivity contribution in [3.05, 3.63) is 95.2 Å². The third-order valence-electron chi connectivity index (χ3n) is 6.47. The maximum Gasteiger partial charge on any atom is 0.256 e. The summed E-state index contributed by atoms with van der Waals surface area (Å²) in [4.78, 5) is 26.6. The van der Waals surface area contributed by atoms with Crippen molar-refractivity contribution >= 4 is 23.8 Å². The number of ether oxygens (including phenoxy) is 1. The number of benzene rings is 1. The lowest BCUT2D eigenvalue weighted by Crippen LogP contribution is -2.43. The van der Waals surface area contributed by atoms with E-state index in [1.807, 2.05) is 61.0 Å². The van der Waals surface area contributed by atoms with Crippen LogP contribution >= 0.6 is 0 Å². The first-order chi connectivity index (χ1) is 18.0. The summed E-state index contributed by atoms with van der Waals surface area (Å²) in [7, 11) is 3.78. The van der Waals surface area contributed by atoms with Gasteiger partial charge in [0, 0.05) is 25.4 Å². The highest BCUT2D eigenvalue weighted by Crippen LogP contribution is 2.34. The van der Waals surface area contributed by atoms with Gasteiger partial charge in [0.05, 0.1) is 37.7 Å². The topological polar surface area (TPSA) is 88.0 Å². The molecule has 1 amide bonds. The summed E-state index contributed by atoms with van der Waals surface area (Å²) in [5.41, 5.74) is 4.65. The van der Waals surface area contributed by atoms with Crippen molar-refractivity contribution < 1.29 is 14.0 Å². The fourth-order valence-electron chi connectivity index (χ4n) is 4.44. The first-order valence-electron chi connectivity index (χ1n) is 12.6. The number of allylic oxidation sites excluding steroid dienone is 1. The van der Waals surface area contributed by atoms with Gasteiger partial charge in [-0.15, -0.1) is 0 Å². The molecule has 2 aliphatic rings. The van der Waals surface area contributed by atoms with Gasteiger partial charge in [0.1, 0.15) is 17.7 Å². The first kappa shape index (κ1) is 26.3. The van der Waals surface area contributed by atoms with Crippen molar-refractivity contribution in [1.29, 1.82) is 0 Å². The highest BCUT2D eigenvalue weighted by Gasteiger charge is 2.43. The predicted octanol–water partition coefficient (Wildman–Crippen LogP) is 4.44. The van der Waals surface area contributed by atoms with Crippen LogP contribution in [0.3, 0.4) is 0 Å². The number of rotatable bonds is 11. The molecular weight excluding hydrogens is 464 g/mol. The Labute approximate surface area is 218 Å². The zero-order chi connectivity index (χ0) is 26.3. The quantitative estimate of drug-likeness (QED) is 0.353. The second-order valence-corrected chi connectivity index (χ2v) is 9.25. The number of pyridine rings is 1. The number of amidine groups is 1. The Bertz CT molecular complexity index is 1280. The molecule has 2 aromatic rings. The predicted molar refractivity (Wildman–Crippen MR) is 148 cm³/mol. The Morgan fingerprint density at radius 3 is 2.76 bits per heavy atom. The van der Waals surface area contributed by atoms with Crippen LogP contribution in [-0.4, -0.2) is 60.8 Å². The number of amides is 1. The third kappa shape index (κ3) is 5.99. The number of anilines is 1. The summed E-state index contributed by atoms with van der Waals surface area (Å²) in [5.74, 6) is 1.26. The van der Waals surface area contributed by atoms with Gasteiger partial charge in [-0.1, -0.05) is 25.5 Å². The number of hydrogen-bond acceptors (Lipinski definition) is 6. The molecule has 2 atom stereocenters.